The van der Waals surface area contributed by atoms with E-state index in [2.05, 4.69) is 30.9 Å². The van der Waals surface area contributed by atoms with Crippen molar-refractivity contribution in [1.82, 2.24) is 9.88 Å². The van der Waals surface area contributed by atoms with Crippen molar-refractivity contribution in [2.24, 2.45) is 0 Å². The Balaban J connectivity index is 0.000000370. The summed E-state index contributed by atoms with van der Waals surface area (Å²) in [6, 6.07) is 8.25. The van der Waals surface area contributed by atoms with Crippen LogP contribution in [0.25, 0.3) is 0 Å². The van der Waals surface area contributed by atoms with Gasteiger partial charge in [-0.25, -0.2) is 4.39 Å². The highest BCUT2D eigenvalue weighted by atomic mass is 79.9. The fraction of sp³-hybridized carbons (Fsp3) is 0.429. The predicted molar refractivity (Wildman–Crippen MR) is 116 cm³/mol. The second-order valence-corrected chi connectivity index (χ2v) is 8.43. The van der Waals surface area contributed by atoms with Crippen LogP contribution in [0, 0.1) is 5.82 Å². The SMILES string of the molecule is CC(C)(C)OC=O.O=c1c(Br)c(N2CCNCC2)ccn1Cc1cccc(F)c1. The van der Waals surface area contributed by atoms with Crippen molar-refractivity contribution in [2.45, 2.75) is 32.9 Å². The van der Waals surface area contributed by atoms with Gasteiger partial charge in [-0.05, 0) is 60.5 Å². The molecule has 8 heteroatoms. The number of hydrogen-bond acceptors (Lipinski definition) is 5. The largest absolute Gasteiger partial charge is 0.462 e. The lowest BCUT2D eigenvalue weighted by Crippen LogP contribution is -2.44. The van der Waals surface area contributed by atoms with Gasteiger partial charge in [0.2, 0.25) is 0 Å². The minimum atomic E-state index is -0.318. The highest BCUT2D eigenvalue weighted by Gasteiger charge is 2.16. The number of halogens is 2. The van der Waals surface area contributed by atoms with E-state index in [0.717, 1.165) is 37.4 Å². The van der Waals surface area contributed by atoms with Gasteiger partial charge in [-0.1, -0.05) is 12.1 Å². The average molecular weight is 468 g/mol. The first-order valence-corrected chi connectivity index (χ1v) is 10.2. The zero-order chi connectivity index (χ0) is 21.4. The zero-order valence-electron chi connectivity index (χ0n) is 17.0. The number of hydrogen-bond donors (Lipinski definition) is 1. The summed E-state index contributed by atoms with van der Waals surface area (Å²) in [5.41, 5.74) is 1.27. The Morgan fingerprint density at radius 1 is 1.24 bits per heavy atom. The summed E-state index contributed by atoms with van der Waals surface area (Å²) in [5, 5.41) is 3.29. The van der Waals surface area contributed by atoms with Crippen molar-refractivity contribution >= 4 is 28.1 Å². The lowest BCUT2D eigenvalue weighted by Gasteiger charge is -2.30. The van der Waals surface area contributed by atoms with Gasteiger partial charge in [0.1, 0.15) is 15.9 Å². The third-order valence-electron chi connectivity index (χ3n) is 4.19. The third kappa shape index (κ3) is 7.29. The summed E-state index contributed by atoms with van der Waals surface area (Å²) in [6.07, 6.45) is 1.77. The number of carbonyl (C=O) groups is 1. The van der Waals surface area contributed by atoms with Crippen molar-refractivity contribution in [3.8, 4) is 0 Å². The van der Waals surface area contributed by atoms with E-state index in [1.165, 1.54) is 12.1 Å². The number of piperazine rings is 1. The van der Waals surface area contributed by atoms with Crippen molar-refractivity contribution in [3.63, 3.8) is 0 Å². The lowest BCUT2D eigenvalue weighted by atomic mass is 10.2. The molecule has 0 saturated carbocycles. The molecule has 0 radical (unpaired) electrons. The molecule has 1 aromatic carbocycles. The van der Waals surface area contributed by atoms with Crippen LogP contribution in [0.15, 0.2) is 45.8 Å². The smallest absolute Gasteiger partial charge is 0.293 e. The van der Waals surface area contributed by atoms with E-state index in [-0.39, 0.29) is 17.0 Å². The van der Waals surface area contributed by atoms with Crippen LogP contribution in [0.2, 0.25) is 0 Å². The Bertz CT molecular complexity index is 874. The molecule has 1 fully saturated rings. The molecule has 1 N–H and O–H groups in total. The quantitative estimate of drug-likeness (QED) is 0.699. The maximum absolute atomic E-state index is 13.2. The highest BCUT2D eigenvalue weighted by Crippen LogP contribution is 2.23. The molecule has 0 spiro atoms. The van der Waals surface area contributed by atoms with Gasteiger partial charge in [0, 0.05) is 32.4 Å². The summed E-state index contributed by atoms with van der Waals surface area (Å²) in [7, 11) is 0. The number of pyridine rings is 1. The normalized spacial score (nSPS) is 14.0. The van der Waals surface area contributed by atoms with Crippen LogP contribution in [0.5, 0.6) is 0 Å². The van der Waals surface area contributed by atoms with E-state index in [4.69, 9.17) is 0 Å². The summed E-state index contributed by atoms with van der Waals surface area (Å²) in [4.78, 5) is 24.3. The van der Waals surface area contributed by atoms with Gasteiger partial charge in [0.15, 0.2) is 0 Å². The molecule has 2 heterocycles. The molecule has 1 aliphatic rings. The predicted octanol–water partition coefficient (Wildman–Crippen LogP) is 3.17. The summed E-state index contributed by atoms with van der Waals surface area (Å²) >= 11 is 3.42. The van der Waals surface area contributed by atoms with Gasteiger partial charge in [0.05, 0.1) is 12.2 Å². The molecule has 2 aromatic rings. The van der Waals surface area contributed by atoms with Gasteiger partial charge < -0.3 is 19.5 Å². The van der Waals surface area contributed by atoms with Crippen LogP contribution in [0.1, 0.15) is 26.3 Å². The first-order chi connectivity index (χ1) is 13.7. The molecule has 1 saturated heterocycles. The van der Waals surface area contributed by atoms with E-state index in [1.54, 1.807) is 16.8 Å². The van der Waals surface area contributed by atoms with E-state index in [0.29, 0.717) is 17.5 Å². The number of carbonyl (C=O) groups excluding carboxylic acids is 1. The molecular formula is C21H27BrFN3O3. The summed E-state index contributed by atoms with van der Waals surface area (Å²) in [6.45, 7) is 9.87. The van der Waals surface area contributed by atoms with Crippen molar-refractivity contribution in [3.05, 3.63) is 62.7 Å². The second kappa shape index (κ2) is 10.5. The van der Waals surface area contributed by atoms with Crippen LogP contribution in [0.3, 0.4) is 0 Å². The molecule has 0 unspecified atom stereocenters. The third-order valence-corrected chi connectivity index (χ3v) is 4.93. The number of aromatic nitrogens is 1. The topological polar surface area (TPSA) is 63.6 Å². The molecule has 3 rings (SSSR count). The Morgan fingerprint density at radius 2 is 1.93 bits per heavy atom. The maximum atomic E-state index is 13.2. The molecule has 1 aliphatic heterocycles. The molecule has 29 heavy (non-hydrogen) atoms. The molecule has 1 aromatic heterocycles. The fourth-order valence-electron chi connectivity index (χ4n) is 2.79. The first kappa shape index (κ1) is 23.1. The van der Waals surface area contributed by atoms with Gasteiger partial charge in [-0.2, -0.15) is 0 Å². The average Bonchev–Trinajstić information content (AvgIpc) is 2.66. The zero-order valence-corrected chi connectivity index (χ0v) is 18.5. The molecule has 0 bridgehead atoms. The van der Waals surface area contributed by atoms with E-state index < -0.39 is 0 Å². The van der Waals surface area contributed by atoms with Crippen molar-refractivity contribution < 1.29 is 13.9 Å². The Kier molecular flexibility index (Phi) is 8.40. The molecule has 0 amide bonds. The first-order valence-electron chi connectivity index (χ1n) is 9.42. The van der Waals surface area contributed by atoms with Crippen LogP contribution in [0.4, 0.5) is 10.1 Å². The highest BCUT2D eigenvalue weighted by molar-refractivity contribution is 9.10. The van der Waals surface area contributed by atoms with Gasteiger partial charge in [0.25, 0.3) is 12.0 Å². The summed E-state index contributed by atoms with van der Waals surface area (Å²) < 4.78 is 19.9. The number of benzene rings is 1. The maximum Gasteiger partial charge on any atom is 0.293 e. The van der Waals surface area contributed by atoms with Gasteiger partial charge in [-0.3, -0.25) is 9.59 Å². The molecular weight excluding hydrogens is 441 g/mol. The van der Waals surface area contributed by atoms with E-state index in [1.807, 2.05) is 32.9 Å². The molecule has 0 aliphatic carbocycles. The monoisotopic (exact) mass is 467 g/mol. The number of ether oxygens (including phenoxy) is 1. The van der Waals surface area contributed by atoms with Gasteiger partial charge in [-0.15, -0.1) is 0 Å². The van der Waals surface area contributed by atoms with E-state index >= 15 is 0 Å². The van der Waals surface area contributed by atoms with Crippen LogP contribution in [-0.4, -0.2) is 42.8 Å². The Labute approximate surface area is 178 Å². The van der Waals surface area contributed by atoms with Crippen LogP contribution >= 0.6 is 15.9 Å². The molecule has 6 nitrogen and oxygen atoms in total. The van der Waals surface area contributed by atoms with Crippen molar-refractivity contribution in [1.29, 1.82) is 0 Å². The van der Waals surface area contributed by atoms with Crippen LogP contribution < -0.4 is 15.8 Å². The fourth-order valence-corrected chi connectivity index (χ4v) is 3.40. The number of anilines is 1. The standard InChI is InChI=1S/C16H17BrFN3O.C5H10O2/c17-15-14(20-8-5-19-6-9-20)4-7-21(16(15)22)11-12-2-1-3-13(18)10-12;1-5(2,3)7-4-6/h1-4,7,10,19H,5-6,8-9,11H2;4H,1-3H3. The molecule has 0 atom stereocenters. The lowest BCUT2D eigenvalue weighted by molar-refractivity contribution is -0.138. The number of rotatable bonds is 4. The van der Waals surface area contributed by atoms with Crippen molar-refractivity contribution in [2.75, 3.05) is 31.1 Å². The number of nitrogens with one attached hydrogen (secondary N) is 1. The Hall–Kier alpha value is -2.19. The van der Waals surface area contributed by atoms with Crippen LogP contribution in [-0.2, 0) is 16.1 Å². The number of nitrogens with zero attached hydrogens (tertiary/aromatic N) is 2. The van der Waals surface area contributed by atoms with E-state index in [9.17, 15) is 14.0 Å². The second-order valence-electron chi connectivity index (χ2n) is 7.64. The van der Waals surface area contributed by atoms with Gasteiger partial charge >= 0.3 is 0 Å². The summed E-state index contributed by atoms with van der Waals surface area (Å²) in [5.74, 6) is -0.290. The minimum Gasteiger partial charge on any atom is -0.462 e. The molecule has 158 valence electrons. The minimum absolute atomic E-state index is 0.0970. The Morgan fingerprint density at radius 3 is 2.48 bits per heavy atom.